The lowest BCUT2D eigenvalue weighted by atomic mass is 10.3. The average molecular weight is 368 g/mol. The van der Waals surface area contributed by atoms with Crippen LogP contribution < -0.4 is 5.32 Å². The van der Waals surface area contributed by atoms with E-state index < -0.39 is 0 Å². The molecule has 3 rings (SSSR count). The fourth-order valence-electron chi connectivity index (χ4n) is 2.84. The number of benzene rings is 1. The van der Waals surface area contributed by atoms with Crippen LogP contribution in [-0.4, -0.2) is 54.5 Å². The van der Waals surface area contributed by atoms with Crippen molar-refractivity contribution < 1.29 is 4.79 Å². The topological polar surface area (TPSA) is 93.8 Å². The molecule has 0 aliphatic heterocycles. The molecule has 0 atom stereocenters. The van der Waals surface area contributed by atoms with Crippen molar-refractivity contribution in [3.8, 4) is 5.69 Å². The Bertz CT molecular complexity index is 912. The molecule has 0 unspecified atom stereocenters. The third kappa shape index (κ3) is 4.49. The smallest absolute Gasteiger partial charge is 0.321 e. The van der Waals surface area contributed by atoms with Gasteiger partial charge in [0.15, 0.2) is 5.82 Å². The molecule has 0 saturated heterocycles. The number of aryl methyl sites for hydroxylation is 4. The highest BCUT2D eigenvalue weighted by Crippen LogP contribution is 2.14. The van der Waals surface area contributed by atoms with Crippen molar-refractivity contribution in [1.29, 1.82) is 0 Å². The summed E-state index contributed by atoms with van der Waals surface area (Å²) in [5, 5.41) is 18.8. The first-order valence-corrected chi connectivity index (χ1v) is 8.82. The number of nitrogens with zero attached hydrogens (tertiary/aromatic N) is 7. The summed E-state index contributed by atoms with van der Waals surface area (Å²) in [5.74, 6) is 0.703. The summed E-state index contributed by atoms with van der Waals surface area (Å²) in [7, 11) is 1.79. The molecule has 2 heterocycles. The summed E-state index contributed by atoms with van der Waals surface area (Å²) < 4.78 is 3.61. The predicted molar refractivity (Wildman–Crippen MR) is 102 cm³/mol. The second-order valence-electron chi connectivity index (χ2n) is 6.54. The van der Waals surface area contributed by atoms with Crippen LogP contribution in [0.1, 0.15) is 23.6 Å². The van der Waals surface area contributed by atoms with Gasteiger partial charge in [-0.05, 0) is 68.0 Å². The number of rotatable bonds is 6. The molecular formula is C18H24N8O. The summed E-state index contributed by atoms with van der Waals surface area (Å²) in [6.45, 7) is 7.28. The van der Waals surface area contributed by atoms with Crippen molar-refractivity contribution in [3.05, 3.63) is 47.5 Å². The number of hydrogen-bond acceptors (Lipinski definition) is 5. The number of carbonyl (C=O) groups excluding carboxylic acids is 1. The zero-order chi connectivity index (χ0) is 19.4. The maximum Gasteiger partial charge on any atom is 0.321 e. The summed E-state index contributed by atoms with van der Waals surface area (Å²) in [6.07, 6.45) is 0.837. The number of anilines is 1. The first-order chi connectivity index (χ1) is 12.9. The number of urea groups is 1. The van der Waals surface area contributed by atoms with Crippen LogP contribution in [0.4, 0.5) is 10.5 Å². The van der Waals surface area contributed by atoms with Crippen LogP contribution in [-0.2, 0) is 6.54 Å². The van der Waals surface area contributed by atoms with Crippen molar-refractivity contribution in [2.24, 2.45) is 0 Å². The van der Waals surface area contributed by atoms with Gasteiger partial charge in [-0.25, -0.2) is 4.79 Å². The van der Waals surface area contributed by atoms with E-state index >= 15 is 0 Å². The molecule has 2 aromatic heterocycles. The second-order valence-corrected chi connectivity index (χ2v) is 6.54. The van der Waals surface area contributed by atoms with Crippen LogP contribution in [0.2, 0.25) is 0 Å². The van der Waals surface area contributed by atoms with E-state index in [1.54, 1.807) is 16.6 Å². The Morgan fingerprint density at radius 3 is 2.52 bits per heavy atom. The highest BCUT2D eigenvalue weighted by atomic mass is 16.2. The molecule has 0 aliphatic rings. The highest BCUT2D eigenvalue weighted by molar-refractivity contribution is 5.89. The minimum Gasteiger partial charge on any atom is -0.328 e. The fraction of sp³-hybridized carbons (Fsp3) is 0.389. The molecular weight excluding hydrogens is 344 g/mol. The second kappa shape index (κ2) is 7.98. The van der Waals surface area contributed by atoms with Crippen molar-refractivity contribution >= 4 is 11.7 Å². The first-order valence-electron chi connectivity index (χ1n) is 8.82. The van der Waals surface area contributed by atoms with Crippen molar-refractivity contribution in [2.45, 2.75) is 33.7 Å². The van der Waals surface area contributed by atoms with Gasteiger partial charge in [0.1, 0.15) is 0 Å². The van der Waals surface area contributed by atoms with Crippen LogP contribution in [0.15, 0.2) is 30.3 Å². The third-order valence-corrected chi connectivity index (χ3v) is 4.30. The molecule has 0 spiro atoms. The van der Waals surface area contributed by atoms with Crippen molar-refractivity contribution in [3.63, 3.8) is 0 Å². The van der Waals surface area contributed by atoms with Crippen molar-refractivity contribution in [2.75, 3.05) is 18.9 Å². The van der Waals surface area contributed by atoms with Crippen LogP contribution in [0, 0.1) is 20.8 Å². The average Bonchev–Trinajstić information content (AvgIpc) is 3.20. The van der Waals surface area contributed by atoms with Gasteiger partial charge in [-0.3, -0.25) is 4.68 Å². The number of aromatic nitrogens is 6. The molecule has 1 aromatic carbocycles. The number of amides is 2. The number of hydrogen-bond donors (Lipinski definition) is 1. The minimum atomic E-state index is -0.144. The van der Waals surface area contributed by atoms with E-state index in [-0.39, 0.29) is 6.03 Å². The number of tetrazole rings is 1. The van der Waals surface area contributed by atoms with E-state index in [1.165, 1.54) is 0 Å². The summed E-state index contributed by atoms with van der Waals surface area (Å²) >= 11 is 0. The predicted octanol–water partition coefficient (Wildman–Crippen LogP) is 2.34. The summed E-state index contributed by atoms with van der Waals surface area (Å²) in [6, 6.07) is 9.30. The SMILES string of the molecule is Cc1cc(C)n(CCCN(C)C(=O)Nc2ccc(-n3nnnc3C)cc2)n1. The molecule has 0 saturated carbocycles. The van der Waals surface area contributed by atoms with Crippen molar-refractivity contribution in [1.82, 2.24) is 34.9 Å². The maximum atomic E-state index is 12.3. The van der Waals surface area contributed by atoms with Crippen LogP contribution >= 0.6 is 0 Å². The normalized spacial score (nSPS) is 10.8. The molecule has 142 valence electrons. The molecule has 0 bridgehead atoms. The van der Waals surface area contributed by atoms with Gasteiger partial charge in [0.05, 0.1) is 11.4 Å². The van der Waals surface area contributed by atoms with E-state index in [9.17, 15) is 4.79 Å². The first kappa shape index (κ1) is 18.6. The van der Waals surface area contributed by atoms with E-state index in [1.807, 2.05) is 49.7 Å². The van der Waals surface area contributed by atoms with E-state index in [2.05, 4.69) is 32.0 Å². The number of nitrogens with one attached hydrogen (secondary N) is 1. The van der Waals surface area contributed by atoms with Gasteiger partial charge >= 0.3 is 6.03 Å². The zero-order valence-corrected chi connectivity index (χ0v) is 16.0. The molecule has 27 heavy (non-hydrogen) atoms. The lowest BCUT2D eigenvalue weighted by Crippen LogP contribution is -2.32. The van der Waals surface area contributed by atoms with Gasteiger partial charge in [0.2, 0.25) is 0 Å². The molecule has 9 heteroatoms. The van der Waals surface area contributed by atoms with Crippen LogP contribution in [0.5, 0.6) is 0 Å². The Morgan fingerprint density at radius 2 is 1.93 bits per heavy atom. The molecule has 3 aromatic rings. The van der Waals surface area contributed by atoms with Crippen LogP contribution in [0.3, 0.4) is 0 Å². The quantitative estimate of drug-likeness (QED) is 0.721. The van der Waals surface area contributed by atoms with E-state index in [4.69, 9.17) is 0 Å². The van der Waals surface area contributed by atoms with E-state index in [0.29, 0.717) is 12.4 Å². The Morgan fingerprint density at radius 1 is 1.19 bits per heavy atom. The molecule has 0 radical (unpaired) electrons. The maximum absolute atomic E-state index is 12.3. The Balaban J connectivity index is 1.50. The van der Waals surface area contributed by atoms with Gasteiger partial charge in [0.25, 0.3) is 0 Å². The monoisotopic (exact) mass is 368 g/mol. The highest BCUT2D eigenvalue weighted by Gasteiger charge is 2.10. The third-order valence-electron chi connectivity index (χ3n) is 4.30. The molecule has 2 amide bonds. The Hall–Kier alpha value is -3.23. The lowest BCUT2D eigenvalue weighted by Gasteiger charge is -2.18. The summed E-state index contributed by atoms with van der Waals surface area (Å²) in [5.41, 5.74) is 3.71. The van der Waals surface area contributed by atoms with Gasteiger partial charge < -0.3 is 10.2 Å². The fourth-order valence-corrected chi connectivity index (χ4v) is 2.84. The zero-order valence-electron chi connectivity index (χ0n) is 16.0. The standard InChI is InChI=1S/C18H24N8O/c1-13-12-14(2)25(21-13)11-5-10-24(4)18(27)19-16-6-8-17(9-7-16)26-15(3)20-22-23-26/h6-9,12H,5,10-11H2,1-4H3,(H,19,27). The molecule has 1 N–H and O–H groups in total. The number of carbonyl (C=O) groups is 1. The minimum absolute atomic E-state index is 0.144. The molecule has 9 nitrogen and oxygen atoms in total. The van der Waals surface area contributed by atoms with Gasteiger partial charge in [0, 0.05) is 31.5 Å². The van der Waals surface area contributed by atoms with Crippen LogP contribution in [0.25, 0.3) is 5.69 Å². The van der Waals surface area contributed by atoms with Gasteiger partial charge in [-0.1, -0.05) is 0 Å². The van der Waals surface area contributed by atoms with E-state index in [0.717, 1.165) is 35.7 Å². The van der Waals surface area contributed by atoms with Gasteiger partial charge in [-0.15, -0.1) is 5.10 Å². The lowest BCUT2D eigenvalue weighted by molar-refractivity contribution is 0.221. The molecule has 0 fully saturated rings. The summed E-state index contributed by atoms with van der Waals surface area (Å²) in [4.78, 5) is 14.0. The molecule has 0 aliphatic carbocycles. The Kier molecular flexibility index (Phi) is 5.49. The Labute approximate surface area is 158 Å². The van der Waals surface area contributed by atoms with Gasteiger partial charge in [-0.2, -0.15) is 9.78 Å². The largest absolute Gasteiger partial charge is 0.328 e.